The van der Waals surface area contributed by atoms with E-state index in [1.807, 2.05) is 0 Å². The summed E-state index contributed by atoms with van der Waals surface area (Å²) >= 11 is 5.82. The van der Waals surface area contributed by atoms with Gasteiger partial charge in [0.2, 0.25) is 11.9 Å². The van der Waals surface area contributed by atoms with Crippen LogP contribution in [0.1, 0.15) is 12.8 Å². The predicted octanol–water partition coefficient (Wildman–Crippen LogP) is 1.31. The summed E-state index contributed by atoms with van der Waals surface area (Å²) in [5.41, 5.74) is 0.158. The number of halogens is 1. The Morgan fingerprint density at radius 3 is 2.62 bits per heavy atom. The van der Waals surface area contributed by atoms with Crippen LogP contribution in [0.25, 0.3) is 0 Å². The molecule has 1 atom stereocenters. The highest BCUT2D eigenvalue weighted by Crippen LogP contribution is 2.41. The van der Waals surface area contributed by atoms with Gasteiger partial charge in [-0.2, -0.15) is 0 Å². The van der Waals surface area contributed by atoms with Gasteiger partial charge in [0.05, 0.1) is 29.5 Å². The number of guanidine groups is 1. The van der Waals surface area contributed by atoms with E-state index in [1.54, 1.807) is 12.4 Å². The number of nitrogens with zero attached hydrogens (tertiary/aromatic N) is 5. The fraction of sp³-hybridized carbons (Fsp3) is 0.643. The van der Waals surface area contributed by atoms with Gasteiger partial charge < -0.3 is 9.80 Å². The molecule has 4 aliphatic rings. The second kappa shape index (κ2) is 4.81. The van der Waals surface area contributed by atoms with E-state index in [1.165, 1.54) is 25.9 Å². The average molecular weight is 307 g/mol. The minimum atomic E-state index is 0.158. The molecule has 7 heteroatoms. The summed E-state index contributed by atoms with van der Waals surface area (Å²) in [7, 11) is 2.14. The standard InChI is InChI=1S/C14H19ClN6/c1-20-13(19-12-16-6-11(15)7-17-12)18-8-14(20)9-21-4-2-10(14)3-5-21/h6-7,10H,2-5,8-9H2,1H3,(H,16,17,18,19). The third-order valence-electron chi connectivity index (χ3n) is 5.18. The molecule has 3 saturated heterocycles. The molecular formula is C14H19ClN6. The summed E-state index contributed by atoms with van der Waals surface area (Å²) in [6, 6.07) is 0. The van der Waals surface area contributed by atoms with Gasteiger partial charge in [0.1, 0.15) is 0 Å². The van der Waals surface area contributed by atoms with E-state index in [0.29, 0.717) is 11.0 Å². The van der Waals surface area contributed by atoms with Crippen LogP contribution in [0.4, 0.5) is 5.95 Å². The second-order valence-corrected chi connectivity index (χ2v) is 6.64. The SMILES string of the molecule is CN1C(Nc2ncc(Cl)cn2)=NCC12CN1CCC2CC1. The van der Waals surface area contributed by atoms with Crippen LogP contribution < -0.4 is 5.32 Å². The van der Waals surface area contributed by atoms with Gasteiger partial charge in [0.25, 0.3) is 0 Å². The number of piperidine rings is 3. The Balaban J connectivity index is 1.52. The highest BCUT2D eigenvalue weighted by Gasteiger charge is 2.52. The van der Waals surface area contributed by atoms with E-state index < -0.39 is 0 Å². The molecule has 1 spiro atoms. The quantitative estimate of drug-likeness (QED) is 0.848. The van der Waals surface area contributed by atoms with Crippen molar-refractivity contribution in [3.05, 3.63) is 17.4 Å². The molecule has 0 aliphatic carbocycles. The average Bonchev–Trinajstić information content (AvgIpc) is 2.80. The maximum absolute atomic E-state index is 5.82. The molecule has 4 aliphatic heterocycles. The Kier molecular flexibility index (Phi) is 3.04. The van der Waals surface area contributed by atoms with Crippen LogP contribution in [-0.2, 0) is 0 Å². The number of aromatic nitrogens is 2. The molecule has 0 radical (unpaired) electrons. The van der Waals surface area contributed by atoms with Gasteiger partial charge in [0, 0.05) is 13.6 Å². The third kappa shape index (κ3) is 2.08. The van der Waals surface area contributed by atoms with E-state index in [2.05, 4.69) is 32.1 Å². The third-order valence-corrected chi connectivity index (χ3v) is 5.37. The van der Waals surface area contributed by atoms with Crippen LogP contribution in [-0.4, -0.2) is 64.5 Å². The summed E-state index contributed by atoms with van der Waals surface area (Å²) in [6.07, 6.45) is 5.75. The first kappa shape index (κ1) is 13.3. The Morgan fingerprint density at radius 1 is 1.29 bits per heavy atom. The van der Waals surface area contributed by atoms with Gasteiger partial charge >= 0.3 is 0 Å². The Bertz CT molecular complexity index is 565. The van der Waals surface area contributed by atoms with Gasteiger partial charge in [-0.25, -0.2) is 9.97 Å². The van der Waals surface area contributed by atoms with Crippen LogP contribution in [0.2, 0.25) is 5.02 Å². The summed E-state index contributed by atoms with van der Waals surface area (Å²) in [5.74, 6) is 2.15. The van der Waals surface area contributed by atoms with Crippen molar-refractivity contribution in [1.82, 2.24) is 19.8 Å². The van der Waals surface area contributed by atoms with Gasteiger partial charge in [-0.1, -0.05) is 11.6 Å². The minimum absolute atomic E-state index is 0.158. The highest BCUT2D eigenvalue weighted by atomic mass is 35.5. The second-order valence-electron chi connectivity index (χ2n) is 6.20. The lowest BCUT2D eigenvalue weighted by atomic mass is 9.72. The van der Waals surface area contributed by atoms with Crippen LogP contribution >= 0.6 is 11.6 Å². The molecule has 2 bridgehead atoms. The molecule has 1 N–H and O–H groups in total. The van der Waals surface area contributed by atoms with Crippen molar-refractivity contribution in [2.24, 2.45) is 10.9 Å². The summed E-state index contributed by atoms with van der Waals surface area (Å²) in [5, 5.41) is 3.76. The zero-order valence-corrected chi connectivity index (χ0v) is 12.8. The molecule has 0 saturated carbocycles. The Morgan fingerprint density at radius 2 is 2.00 bits per heavy atom. The molecule has 5 heterocycles. The fourth-order valence-electron chi connectivity index (χ4n) is 3.94. The van der Waals surface area contributed by atoms with E-state index in [9.17, 15) is 0 Å². The van der Waals surface area contributed by atoms with E-state index in [0.717, 1.165) is 25.0 Å². The first-order valence-corrected chi connectivity index (χ1v) is 7.80. The van der Waals surface area contributed by atoms with Gasteiger partial charge in [-0.3, -0.25) is 10.3 Å². The zero-order valence-electron chi connectivity index (χ0n) is 12.1. The maximum atomic E-state index is 5.82. The smallest absolute Gasteiger partial charge is 0.229 e. The molecule has 1 unspecified atom stereocenters. The largest absolute Gasteiger partial charge is 0.337 e. The number of nitrogens with one attached hydrogen (secondary N) is 1. The molecule has 112 valence electrons. The number of hydrogen-bond acceptors (Lipinski definition) is 6. The van der Waals surface area contributed by atoms with Crippen LogP contribution in [0.15, 0.2) is 17.4 Å². The van der Waals surface area contributed by atoms with Crippen molar-refractivity contribution in [3.63, 3.8) is 0 Å². The Labute approximate surface area is 129 Å². The fourth-order valence-corrected chi connectivity index (χ4v) is 4.04. The maximum Gasteiger partial charge on any atom is 0.229 e. The normalized spacial score (nSPS) is 34.4. The summed E-state index contributed by atoms with van der Waals surface area (Å²) in [4.78, 5) is 18.0. The lowest BCUT2D eigenvalue weighted by Gasteiger charge is -2.54. The minimum Gasteiger partial charge on any atom is -0.337 e. The van der Waals surface area contributed by atoms with Crippen molar-refractivity contribution >= 4 is 23.5 Å². The first-order valence-electron chi connectivity index (χ1n) is 7.43. The summed E-state index contributed by atoms with van der Waals surface area (Å²) < 4.78 is 0. The van der Waals surface area contributed by atoms with Crippen molar-refractivity contribution in [2.75, 3.05) is 38.5 Å². The van der Waals surface area contributed by atoms with Crippen LogP contribution in [0.3, 0.4) is 0 Å². The van der Waals surface area contributed by atoms with Crippen LogP contribution in [0.5, 0.6) is 0 Å². The molecule has 6 nitrogen and oxygen atoms in total. The Hall–Kier alpha value is -1.40. The molecular weight excluding hydrogens is 288 g/mol. The van der Waals surface area contributed by atoms with Crippen molar-refractivity contribution < 1.29 is 0 Å². The van der Waals surface area contributed by atoms with Crippen molar-refractivity contribution in [3.8, 4) is 0 Å². The van der Waals surface area contributed by atoms with Crippen LogP contribution in [0, 0.1) is 5.92 Å². The number of likely N-dealkylation sites (N-methyl/N-ethyl adjacent to an activating group) is 1. The number of fused-ring (bicyclic) bond motifs is 2. The van der Waals surface area contributed by atoms with Crippen molar-refractivity contribution in [2.45, 2.75) is 18.4 Å². The van der Waals surface area contributed by atoms with Gasteiger partial charge in [-0.05, 0) is 31.8 Å². The topological polar surface area (TPSA) is 56.6 Å². The number of anilines is 1. The van der Waals surface area contributed by atoms with E-state index in [4.69, 9.17) is 16.6 Å². The number of hydrogen-bond donors (Lipinski definition) is 1. The highest BCUT2D eigenvalue weighted by molar-refractivity contribution is 6.30. The lowest BCUT2D eigenvalue weighted by molar-refractivity contribution is -0.0199. The molecule has 0 aromatic carbocycles. The van der Waals surface area contributed by atoms with Gasteiger partial charge in [0.15, 0.2) is 0 Å². The molecule has 1 aromatic rings. The predicted molar refractivity (Wildman–Crippen MR) is 82.6 cm³/mol. The molecule has 21 heavy (non-hydrogen) atoms. The zero-order chi connectivity index (χ0) is 14.4. The molecule has 3 fully saturated rings. The molecule has 0 amide bonds. The molecule has 1 aromatic heterocycles. The van der Waals surface area contributed by atoms with E-state index in [-0.39, 0.29) is 5.54 Å². The monoisotopic (exact) mass is 306 g/mol. The van der Waals surface area contributed by atoms with Crippen molar-refractivity contribution in [1.29, 1.82) is 0 Å². The van der Waals surface area contributed by atoms with E-state index >= 15 is 0 Å². The first-order chi connectivity index (χ1) is 10.2. The lowest BCUT2D eigenvalue weighted by Crippen LogP contribution is -2.66. The summed E-state index contributed by atoms with van der Waals surface area (Å²) in [6.45, 7) is 4.46. The molecule has 5 rings (SSSR count). The van der Waals surface area contributed by atoms with Gasteiger partial charge in [-0.15, -0.1) is 0 Å². The number of aliphatic imine (C=N–C) groups is 1. The number of rotatable bonds is 1.